The van der Waals surface area contributed by atoms with Gasteiger partial charge in [0.05, 0.1) is 6.34 Å². The molecule has 5 nitrogen and oxygen atoms in total. The van der Waals surface area contributed by atoms with Crippen LogP contribution in [0.3, 0.4) is 0 Å². The predicted octanol–water partition coefficient (Wildman–Crippen LogP) is 0.341. The zero-order chi connectivity index (χ0) is 10.1. The molecule has 0 spiro atoms. The molecule has 0 saturated heterocycles. The smallest absolute Gasteiger partial charge is 0.301 e. The summed E-state index contributed by atoms with van der Waals surface area (Å²) in [6.07, 6.45) is 1.57. The van der Waals surface area contributed by atoms with Crippen molar-refractivity contribution in [2.24, 2.45) is 4.99 Å². The van der Waals surface area contributed by atoms with Crippen LogP contribution >= 0.6 is 0 Å². The Balaban J connectivity index is 2.80. The predicted molar refractivity (Wildman–Crippen MR) is 51.5 cm³/mol. The first-order valence-corrected chi connectivity index (χ1v) is 4.33. The molecule has 1 aliphatic heterocycles. The fourth-order valence-electron chi connectivity index (χ4n) is 1.03. The lowest BCUT2D eigenvalue weighted by Gasteiger charge is -2.35. The topological polar surface area (TPSA) is 56.7 Å². The Morgan fingerprint density at radius 1 is 1.69 bits per heavy atom. The molecule has 0 aromatic heterocycles. The van der Waals surface area contributed by atoms with Gasteiger partial charge in [-0.05, 0) is 27.8 Å². The number of aliphatic imine (C=N–C) groups is 1. The van der Waals surface area contributed by atoms with Crippen LogP contribution in [0.4, 0.5) is 4.79 Å². The average molecular weight is 184 g/mol. The van der Waals surface area contributed by atoms with Crippen LogP contribution in [0.15, 0.2) is 4.99 Å². The maximum atomic E-state index is 11.5. The molecule has 0 bridgehead atoms. The summed E-state index contributed by atoms with van der Waals surface area (Å²) in [6.45, 7) is 5.68. The first-order chi connectivity index (χ1) is 5.98. The van der Waals surface area contributed by atoms with Crippen LogP contribution in [0.5, 0.6) is 0 Å². The van der Waals surface area contributed by atoms with Crippen LogP contribution in [0.2, 0.25) is 0 Å². The third-order valence-electron chi connectivity index (χ3n) is 2.07. The zero-order valence-electron chi connectivity index (χ0n) is 8.46. The largest absolute Gasteiger partial charge is 0.325 e. The monoisotopic (exact) mass is 184 g/mol. The maximum Gasteiger partial charge on any atom is 0.325 e. The molecule has 2 N–H and O–H groups in total. The molecule has 1 heterocycles. The molecule has 1 unspecified atom stereocenters. The minimum atomic E-state index is -0.664. The highest BCUT2D eigenvalue weighted by molar-refractivity contribution is 5.89. The van der Waals surface area contributed by atoms with Crippen molar-refractivity contribution in [3.8, 4) is 0 Å². The quantitative estimate of drug-likeness (QED) is 0.650. The molecule has 0 radical (unpaired) electrons. The first kappa shape index (κ1) is 9.98. The molecule has 0 aromatic rings. The first-order valence-electron chi connectivity index (χ1n) is 4.33. The van der Waals surface area contributed by atoms with Gasteiger partial charge in [0.2, 0.25) is 0 Å². The Morgan fingerprint density at radius 2 is 2.31 bits per heavy atom. The molecular weight excluding hydrogens is 168 g/mol. The van der Waals surface area contributed by atoms with Crippen LogP contribution < -0.4 is 10.6 Å². The fraction of sp³-hybridized carbons (Fsp3) is 0.750. The van der Waals surface area contributed by atoms with E-state index in [0.717, 1.165) is 0 Å². The number of nitrogens with one attached hydrogen (secondary N) is 2. The lowest BCUT2D eigenvalue weighted by atomic mass is 10.3. The summed E-state index contributed by atoms with van der Waals surface area (Å²) < 4.78 is 0. The molecule has 74 valence electrons. The van der Waals surface area contributed by atoms with E-state index in [4.69, 9.17) is 0 Å². The van der Waals surface area contributed by atoms with Gasteiger partial charge in [-0.15, -0.1) is 0 Å². The van der Waals surface area contributed by atoms with E-state index in [1.165, 1.54) is 0 Å². The molecule has 0 aromatic carbocycles. The molecule has 5 heteroatoms. The number of rotatable bonds is 2. The van der Waals surface area contributed by atoms with Gasteiger partial charge < -0.3 is 5.32 Å². The van der Waals surface area contributed by atoms with Gasteiger partial charge in [0.1, 0.15) is 0 Å². The van der Waals surface area contributed by atoms with Crippen LogP contribution in [0, 0.1) is 0 Å². The summed E-state index contributed by atoms with van der Waals surface area (Å²) in [4.78, 5) is 17.2. The summed E-state index contributed by atoms with van der Waals surface area (Å²) >= 11 is 0. The summed E-state index contributed by atoms with van der Waals surface area (Å²) in [5.41, 5.74) is 0. The van der Waals surface area contributed by atoms with Crippen LogP contribution in [-0.4, -0.2) is 36.1 Å². The molecular formula is C8H16N4O. The minimum absolute atomic E-state index is 0.123. The average Bonchev–Trinajstić information content (AvgIpc) is 2.03. The second kappa shape index (κ2) is 3.33. The molecule has 0 aliphatic carbocycles. The summed E-state index contributed by atoms with van der Waals surface area (Å²) in [5.74, 6) is -0.664. The van der Waals surface area contributed by atoms with Crippen molar-refractivity contribution in [3.63, 3.8) is 0 Å². The number of carbonyl (C=O) groups is 1. The standard InChI is InChI=1S/C8H16N4O/c1-6(2)12-5-10-8(3,9-4)11-7(12)13/h5-6,9H,1-4H3,(H,11,13). The number of urea groups is 1. The summed E-state index contributed by atoms with van der Waals surface area (Å²) in [7, 11) is 1.75. The van der Waals surface area contributed by atoms with Crippen molar-refractivity contribution in [1.82, 2.24) is 15.5 Å². The van der Waals surface area contributed by atoms with Crippen molar-refractivity contribution in [2.75, 3.05) is 7.05 Å². The fourth-order valence-corrected chi connectivity index (χ4v) is 1.03. The number of hydrogen-bond acceptors (Lipinski definition) is 3. The number of carbonyl (C=O) groups excluding carboxylic acids is 1. The Labute approximate surface area is 78.2 Å². The lowest BCUT2D eigenvalue weighted by Crippen LogP contribution is -2.61. The highest BCUT2D eigenvalue weighted by Gasteiger charge is 2.30. The maximum absolute atomic E-state index is 11.5. The zero-order valence-corrected chi connectivity index (χ0v) is 8.46. The van der Waals surface area contributed by atoms with Gasteiger partial charge >= 0.3 is 6.03 Å². The third-order valence-corrected chi connectivity index (χ3v) is 2.07. The van der Waals surface area contributed by atoms with Crippen LogP contribution in [0.1, 0.15) is 20.8 Å². The normalized spacial score (nSPS) is 28.1. The van der Waals surface area contributed by atoms with Gasteiger partial charge in [-0.25, -0.2) is 9.79 Å². The number of amides is 2. The second-order valence-corrected chi connectivity index (χ2v) is 3.50. The summed E-state index contributed by atoms with van der Waals surface area (Å²) in [5, 5.41) is 5.67. The van der Waals surface area contributed by atoms with E-state index in [1.807, 2.05) is 13.8 Å². The molecule has 13 heavy (non-hydrogen) atoms. The van der Waals surface area contributed by atoms with E-state index >= 15 is 0 Å². The van der Waals surface area contributed by atoms with Gasteiger partial charge in [0.15, 0.2) is 5.79 Å². The molecule has 1 aliphatic rings. The third kappa shape index (κ3) is 1.98. The molecule has 1 rings (SSSR count). The molecule has 0 saturated carbocycles. The van der Waals surface area contributed by atoms with Gasteiger partial charge in [-0.1, -0.05) is 0 Å². The van der Waals surface area contributed by atoms with Gasteiger partial charge in [-0.2, -0.15) is 0 Å². The highest BCUT2D eigenvalue weighted by Crippen LogP contribution is 2.08. The van der Waals surface area contributed by atoms with E-state index in [2.05, 4.69) is 15.6 Å². The van der Waals surface area contributed by atoms with Gasteiger partial charge in [0, 0.05) is 6.04 Å². The van der Waals surface area contributed by atoms with Crippen molar-refractivity contribution in [3.05, 3.63) is 0 Å². The van der Waals surface area contributed by atoms with Crippen LogP contribution in [0.25, 0.3) is 0 Å². The van der Waals surface area contributed by atoms with E-state index in [-0.39, 0.29) is 12.1 Å². The second-order valence-electron chi connectivity index (χ2n) is 3.50. The van der Waals surface area contributed by atoms with E-state index in [1.54, 1.807) is 25.2 Å². The minimum Gasteiger partial charge on any atom is -0.301 e. The van der Waals surface area contributed by atoms with Crippen LogP contribution in [-0.2, 0) is 0 Å². The Bertz CT molecular complexity index is 238. The summed E-state index contributed by atoms with van der Waals surface area (Å²) in [6, 6.07) is 0.00649. The Kier molecular flexibility index (Phi) is 2.56. The van der Waals surface area contributed by atoms with Crippen molar-refractivity contribution >= 4 is 12.4 Å². The van der Waals surface area contributed by atoms with E-state index in [9.17, 15) is 4.79 Å². The van der Waals surface area contributed by atoms with E-state index in [0.29, 0.717) is 0 Å². The SMILES string of the molecule is CNC1(C)N=CN(C(C)C)C(=O)N1. The number of hydrogen-bond donors (Lipinski definition) is 2. The van der Waals surface area contributed by atoms with Crippen molar-refractivity contribution in [1.29, 1.82) is 0 Å². The van der Waals surface area contributed by atoms with Gasteiger partial charge in [-0.3, -0.25) is 10.2 Å². The Morgan fingerprint density at radius 3 is 2.69 bits per heavy atom. The molecule has 0 fully saturated rings. The van der Waals surface area contributed by atoms with E-state index < -0.39 is 5.79 Å². The highest BCUT2D eigenvalue weighted by atomic mass is 16.2. The number of nitrogens with zero attached hydrogens (tertiary/aromatic N) is 2. The molecule has 1 atom stereocenters. The lowest BCUT2D eigenvalue weighted by molar-refractivity contribution is 0.187. The van der Waals surface area contributed by atoms with Crippen molar-refractivity contribution < 1.29 is 4.79 Å². The molecule has 2 amide bonds. The Hall–Kier alpha value is -1.10. The van der Waals surface area contributed by atoms with Gasteiger partial charge in [0.25, 0.3) is 0 Å². The van der Waals surface area contributed by atoms with Crippen molar-refractivity contribution in [2.45, 2.75) is 32.6 Å².